The SMILES string of the molecule is CCCCC1=NC2(CCCC2)C(=O)N1Cc1ccc(-c2cc(-c3ccc(OC(F)F)cn3)ccc2-c2nn[nH]n2)cc1. The van der Waals surface area contributed by atoms with Crippen LogP contribution in [0.2, 0.25) is 0 Å². The van der Waals surface area contributed by atoms with Crippen LogP contribution in [0.25, 0.3) is 33.8 Å². The molecule has 1 fully saturated rings. The molecule has 1 amide bonds. The summed E-state index contributed by atoms with van der Waals surface area (Å²) < 4.78 is 29.6. The van der Waals surface area contributed by atoms with Crippen LogP contribution < -0.4 is 4.74 Å². The van der Waals surface area contributed by atoms with Crippen molar-refractivity contribution in [3.63, 3.8) is 0 Å². The number of tetrazole rings is 1. The van der Waals surface area contributed by atoms with Gasteiger partial charge >= 0.3 is 6.61 Å². The van der Waals surface area contributed by atoms with E-state index in [0.717, 1.165) is 78.6 Å². The monoisotopic (exact) mass is 571 g/mol. The van der Waals surface area contributed by atoms with Gasteiger partial charge in [0.15, 0.2) is 0 Å². The van der Waals surface area contributed by atoms with Crippen LogP contribution in [0.4, 0.5) is 8.78 Å². The number of benzene rings is 2. The van der Waals surface area contributed by atoms with Crippen LogP contribution in [0.5, 0.6) is 5.75 Å². The first-order valence-corrected chi connectivity index (χ1v) is 14.2. The molecule has 1 spiro atoms. The minimum atomic E-state index is -2.91. The maximum atomic E-state index is 13.6. The summed E-state index contributed by atoms with van der Waals surface area (Å²) in [5.41, 5.74) is 4.37. The van der Waals surface area contributed by atoms with Gasteiger partial charge in [0.1, 0.15) is 17.1 Å². The number of unbranched alkanes of at least 4 members (excludes halogenated alkanes) is 1. The Morgan fingerprint density at radius 1 is 1.02 bits per heavy atom. The molecule has 0 saturated heterocycles. The maximum absolute atomic E-state index is 13.6. The fourth-order valence-corrected chi connectivity index (χ4v) is 5.81. The number of alkyl halides is 2. The predicted octanol–water partition coefficient (Wildman–Crippen LogP) is 6.44. The number of amides is 1. The molecule has 11 heteroatoms. The third kappa shape index (κ3) is 5.50. The molecule has 2 aliphatic rings. The Kier molecular flexibility index (Phi) is 7.73. The Balaban J connectivity index is 1.28. The van der Waals surface area contributed by atoms with E-state index in [-0.39, 0.29) is 11.7 Å². The van der Waals surface area contributed by atoms with E-state index in [1.807, 2.05) is 47.4 Å². The van der Waals surface area contributed by atoms with Crippen LogP contribution >= 0.6 is 0 Å². The largest absolute Gasteiger partial charge is 0.433 e. The molecule has 2 aromatic heterocycles. The average Bonchev–Trinajstić information content (AvgIpc) is 3.76. The van der Waals surface area contributed by atoms with Crippen LogP contribution in [0.15, 0.2) is 65.8 Å². The van der Waals surface area contributed by atoms with Crippen molar-refractivity contribution in [1.29, 1.82) is 0 Å². The number of nitrogens with zero attached hydrogens (tertiary/aromatic N) is 6. The zero-order chi connectivity index (χ0) is 29.1. The Morgan fingerprint density at radius 2 is 1.81 bits per heavy atom. The predicted molar refractivity (Wildman–Crippen MR) is 154 cm³/mol. The number of aromatic amines is 1. The topological polar surface area (TPSA) is 109 Å². The zero-order valence-electron chi connectivity index (χ0n) is 23.3. The highest BCUT2D eigenvalue weighted by atomic mass is 19.3. The van der Waals surface area contributed by atoms with Crippen LogP contribution in [0.3, 0.4) is 0 Å². The number of carbonyl (C=O) groups excluding carboxylic acids is 1. The number of hydrogen-bond acceptors (Lipinski definition) is 7. The van der Waals surface area contributed by atoms with Gasteiger partial charge in [-0.2, -0.15) is 14.0 Å². The molecule has 1 N–H and O–H groups in total. The van der Waals surface area contributed by atoms with Gasteiger partial charge in [-0.25, -0.2) is 0 Å². The molecule has 4 aromatic rings. The molecule has 0 radical (unpaired) electrons. The quantitative estimate of drug-likeness (QED) is 0.235. The van der Waals surface area contributed by atoms with Crippen molar-refractivity contribution in [3.05, 3.63) is 66.4 Å². The average molecular weight is 572 g/mol. The lowest BCUT2D eigenvalue weighted by molar-refractivity contribution is -0.131. The number of aromatic nitrogens is 5. The number of amidine groups is 1. The highest BCUT2D eigenvalue weighted by Crippen LogP contribution is 2.40. The Bertz CT molecular complexity index is 1570. The minimum absolute atomic E-state index is 0.00814. The lowest BCUT2D eigenvalue weighted by Crippen LogP contribution is -2.40. The molecule has 6 rings (SSSR count). The second-order valence-corrected chi connectivity index (χ2v) is 10.7. The highest BCUT2D eigenvalue weighted by molar-refractivity contribution is 6.08. The fraction of sp³-hybridized carbons (Fsp3) is 0.355. The molecule has 0 bridgehead atoms. The second kappa shape index (κ2) is 11.8. The van der Waals surface area contributed by atoms with Crippen LogP contribution in [0, 0.1) is 0 Å². The Labute approximate surface area is 242 Å². The van der Waals surface area contributed by atoms with E-state index < -0.39 is 12.2 Å². The van der Waals surface area contributed by atoms with E-state index in [2.05, 4.69) is 37.3 Å². The first kappa shape index (κ1) is 27.6. The normalized spacial score (nSPS) is 16.0. The Morgan fingerprint density at radius 3 is 2.48 bits per heavy atom. The minimum Gasteiger partial charge on any atom is -0.433 e. The van der Waals surface area contributed by atoms with Crippen LogP contribution in [-0.2, 0) is 11.3 Å². The van der Waals surface area contributed by atoms with Crippen molar-refractivity contribution in [3.8, 4) is 39.5 Å². The van der Waals surface area contributed by atoms with Crippen molar-refractivity contribution in [2.24, 2.45) is 4.99 Å². The number of ether oxygens (including phenoxy) is 1. The standard InChI is InChI=1S/C31H31F2N7O2/c1-2-3-6-27-35-31(15-4-5-16-31)29(41)40(27)19-20-7-9-21(10-8-20)25-17-22(11-13-24(25)28-36-38-39-37-28)26-14-12-23(18-34-26)42-30(32)33/h7-14,17-18,30H,2-6,15-16,19H2,1H3,(H,36,37,38,39). The summed E-state index contributed by atoms with van der Waals surface area (Å²) in [6.07, 6.45) is 7.90. The molecule has 9 nitrogen and oxygen atoms in total. The van der Waals surface area contributed by atoms with Crippen LogP contribution in [0.1, 0.15) is 57.4 Å². The summed E-state index contributed by atoms with van der Waals surface area (Å²) in [6, 6.07) is 16.9. The molecule has 1 aliphatic carbocycles. The molecule has 3 heterocycles. The van der Waals surface area contributed by atoms with Crippen molar-refractivity contribution < 1.29 is 18.3 Å². The summed E-state index contributed by atoms with van der Waals surface area (Å²) in [5, 5.41) is 14.5. The van der Waals surface area contributed by atoms with Gasteiger partial charge in [0.2, 0.25) is 5.82 Å². The lowest BCUT2D eigenvalue weighted by atomic mass is 9.94. The van der Waals surface area contributed by atoms with E-state index in [1.54, 1.807) is 6.07 Å². The number of rotatable bonds is 10. The number of carbonyl (C=O) groups is 1. The third-order valence-electron chi connectivity index (χ3n) is 7.95. The third-order valence-corrected chi connectivity index (χ3v) is 7.95. The molecule has 1 aliphatic heterocycles. The fourth-order valence-electron chi connectivity index (χ4n) is 5.81. The summed E-state index contributed by atoms with van der Waals surface area (Å²) >= 11 is 0. The van der Waals surface area contributed by atoms with Gasteiger partial charge in [-0.1, -0.05) is 56.5 Å². The van der Waals surface area contributed by atoms with E-state index in [0.29, 0.717) is 18.1 Å². The molecule has 0 atom stereocenters. The van der Waals surface area contributed by atoms with Gasteiger partial charge in [0.05, 0.1) is 18.4 Å². The first-order chi connectivity index (χ1) is 20.5. The molecular formula is C31H31F2N7O2. The summed E-state index contributed by atoms with van der Waals surface area (Å²) in [7, 11) is 0. The molecule has 2 aromatic carbocycles. The molecule has 216 valence electrons. The number of H-pyrrole nitrogens is 1. The molecule has 42 heavy (non-hydrogen) atoms. The first-order valence-electron chi connectivity index (χ1n) is 14.2. The van der Waals surface area contributed by atoms with Gasteiger partial charge in [0, 0.05) is 17.5 Å². The highest BCUT2D eigenvalue weighted by Gasteiger charge is 2.49. The molecule has 1 saturated carbocycles. The smallest absolute Gasteiger partial charge is 0.387 e. The zero-order valence-corrected chi connectivity index (χ0v) is 23.3. The number of aliphatic imine (C=N–C) groups is 1. The van der Waals surface area contributed by atoms with E-state index in [9.17, 15) is 13.6 Å². The van der Waals surface area contributed by atoms with E-state index in [4.69, 9.17) is 4.99 Å². The maximum Gasteiger partial charge on any atom is 0.387 e. The summed E-state index contributed by atoms with van der Waals surface area (Å²) in [6.45, 7) is -0.279. The number of nitrogens with one attached hydrogen (secondary N) is 1. The Hall–Kier alpha value is -4.54. The molecular weight excluding hydrogens is 540 g/mol. The van der Waals surface area contributed by atoms with Gasteiger partial charge in [-0.05, 0) is 65.4 Å². The van der Waals surface area contributed by atoms with Gasteiger partial charge in [0.25, 0.3) is 5.91 Å². The van der Waals surface area contributed by atoms with E-state index >= 15 is 0 Å². The van der Waals surface area contributed by atoms with Crippen LogP contribution in [-0.4, -0.2) is 54.4 Å². The molecule has 0 unspecified atom stereocenters. The van der Waals surface area contributed by atoms with Gasteiger partial charge in [-0.3, -0.25) is 19.7 Å². The van der Waals surface area contributed by atoms with Crippen molar-refractivity contribution in [1.82, 2.24) is 30.5 Å². The van der Waals surface area contributed by atoms with E-state index in [1.165, 1.54) is 12.3 Å². The van der Waals surface area contributed by atoms with Gasteiger partial charge in [-0.15, -0.1) is 10.2 Å². The second-order valence-electron chi connectivity index (χ2n) is 10.7. The van der Waals surface area contributed by atoms with Crippen molar-refractivity contribution in [2.45, 2.75) is 70.6 Å². The number of halogens is 2. The summed E-state index contributed by atoms with van der Waals surface area (Å²) in [4.78, 5) is 24.8. The number of hydrogen-bond donors (Lipinski definition) is 1. The van der Waals surface area contributed by atoms with Crippen molar-refractivity contribution in [2.75, 3.05) is 0 Å². The lowest BCUT2D eigenvalue weighted by Gasteiger charge is -2.23. The number of pyridine rings is 1. The van der Waals surface area contributed by atoms with Crippen molar-refractivity contribution >= 4 is 11.7 Å². The summed E-state index contributed by atoms with van der Waals surface area (Å²) in [5.74, 6) is 1.49. The van der Waals surface area contributed by atoms with Gasteiger partial charge < -0.3 is 4.74 Å².